The highest BCUT2D eigenvalue weighted by atomic mass is 16.5. The highest BCUT2D eigenvalue weighted by Crippen LogP contribution is 2.38. The fourth-order valence-corrected chi connectivity index (χ4v) is 3.58. The summed E-state index contributed by atoms with van der Waals surface area (Å²) in [5.41, 5.74) is 4.00. The van der Waals surface area contributed by atoms with Crippen LogP contribution in [0.5, 0.6) is 17.2 Å². The number of ether oxygens (including phenoxy) is 3. The number of hydrogen-bond acceptors (Lipinski definition) is 4. The first-order valence-corrected chi connectivity index (χ1v) is 9.33. The van der Waals surface area contributed by atoms with Crippen LogP contribution in [0.3, 0.4) is 0 Å². The van der Waals surface area contributed by atoms with Crippen LogP contribution >= 0.6 is 0 Å². The van der Waals surface area contributed by atoms with Gasteiger partial charge in [0.1, 0.15) is 5.75 Å². The van der Waals surface area contributed by atoms with Crippen molar-refractivity contribution >= 4 is 0 Å². The molecule has 1 aliphatic rings. The van der Waals surface area contributed by atoms with E-state index in [9.17, 15) is 0 Å². The van der Waals surface area contributed by atoms with Gasteiger partial charge in [0.2, 0.25) is 0 Å². The number of hydrogen-bond donors (Lipinski definition) is 0. The van der Waals surface area contributed by atoms with E-state index in [-0.39, 0.29) is 0 Å². The average Bonchev–Trinajstić information content (AvgIpc) is 2.68. The van der Waals surface area contributed by atoms with Gasteiger partial charge >= 0.3 is 0 Å². The topological polar surface area (TPSA) is 30.9 Å². The van der Waals surface area contributed by atoms with E-state index in [4.69, 9.17) is 14.2 Å². The number of rotatable bonds is 7. The zero-order valence-corrected chi connectivity index (χ0v) is 16.2. The van der Waals surface area contributed by atoms with Gasteiger partial charge in [-0.25, -0.2) is 0 Å². The Labute approximate surface area is 156 Å². The van der Waals surface area contributed by atoms with E-state index < -0.39 is 0 Å². The molecule has 1 unspecified atom stereocenters. The van der Waals surface area contributed by atoms with Crippen LogP contribution in [0.25, 0.3) is 0 Å². The van der Waals surface area contributed by atoms with E-state index in [0.717, 1.165) is 49.7 Å². The Hall–Kier alpha value is -2.20. The predicted molar refractivity (Wildman–Crippen MR) is 105 cm³/mol. The van der Waals surface area contributed by atoms with Gasteiger partial charge in [-0.2, -0.15) is 0 Å². The fourth-order valence-electron chi connectivity index (χ4n) is 3.58. The van der Waals surface area contributed by atoms with Gasteiger partial charge in [0.25, 0.3) is 0 Å². The van der Waals surface area contributed by atoms with Crippen molar-refractivity contribution in [3.8, 4) is 17.2 Å². The molecule has 1 heterocycles. The van der Waals surface area contributed by atoms with Gasteiger partial charge in [-0.3, -0.25) is 4.90 Å². The van der Waals surface area contributed by atoms with Crippen molar-refractivity contribution in [3.63, 3.8) is 0 Å². The molecule has 0 saturated heterocycles. The first-order valence-electron chi connectivity index (χ1n) is 9.33. The molecule has 26 heavy (non-hydrogen) atoms. The highest BCUT2D eigenvalue weighted by Gasteiger charge is 2.27. The Morgan fingerprint density at radius 1 is 1.04 bits per heavy atom. The molecule has 0 aliphatic carbocycles. The predicted octanol–water partition coefficient (Wildman–Crippen LogP) is 4.26. The molecule has 0 bridgehead atoms. The van der Waals surface area contributed by atoms with E-state index in [1.54, 1.807) is 14.2 Å². The van der Waals surface area contributed by atoms with Gasteiger partial charge in [-0.05, 0) is 67.3 Å². The molecule has 0 radical (unpaired) electrons. The van der Waals surface area contributed by atoms with Gasteiger partial charge < -0.3 is 14.2 Å². The van der Waals surface area contributed by atoms with Gasteiger partial charge in [-0.1, -0.05) is 19.1 Å². The van der Waals surface area contributed by atoms with Crippen LogP contribution in [-0.2, 0) is 12.8 Å². The molecule has 140 valence electrons. The van der Waals surface area contributed by atoms with Gasteiger partial charge in [-0.15, -0.1) is 0 Å². The molecular weight excluding hydrogens is 326 g/mol. The lowest BCUT2D eigenvalue weighted by Gasteiger charge is -2.35. The molecule has 0 fully saturated rings. The second-order valence-electron chi connectivity index (χ2n) is 6.85. The molecule has 0 saturated carbocycles. The highest BCUT2D eigenvalue weighted by molar-refractivity contribution is 5.49. The molecule has 3 rings (SSSR count). The maximum absolute atomic E-state index is 5.69. The lowest BCUT2D eigenvalue weighted by molar-refractivity contribution is 0.228. The minimum atomic E-state index is 0.334. The number of benzene rings is 2. The Morgan fingerprint density at radius 3 is 2.38 bits per heavy atom. The second kappa shape index (κ2) is 8.45. The fraction of sp³-hybridized carbons (Fsp3) is 0.455. The van der Waals surface area contributed by atoms with Crippen molar-refractivity contribution < 1.29 is 14.2 Å². The van der Waals surface area contributed by atoms with Crippen molar-refractivity contribution in [1.29, 1.82) is 0 Å². The number of nitrogens with zero attached hydrogens (tertiary/aromatic N) is 1. The Balaban J connectivity index is 1.84. The van der Waals surface area contributed by atoms with Crippen molar-refractivity contribution in [2.75, 3.05) is 34.4 Å². The van der Waals surface area contributed by atoms with Crippen LogP contribution < -0.4 is 14.2 Å². The van der Waals surface area contributed by atoms with Crippen LogP contribution in [0, 0.1) is 0 Å². The van der Waals surface area contributed by atoms with E-state index in [1.165, 1.54) is 16.7 Å². The zero-order valence-electron chi connectivity index (χ0n) is 16.2. The van der Waals surface area contributed by atoms with Gasteiger partial charge in [0.05, 0.1) is 20.8 Å². The summed E-state index contributed by atoms with van der Waals surface area (Å²) in [6.07, 6.45) is 3.02. The lowest BCUT2D eigenvalue weighted by atomic mass is 9.88. The molecule has 0 amide bonds. The number of likely N-dealkylation sites (N-methyl/N-ethyl adjacent to an activating group) is 1. The number of fused-ring (bicyclic) bond motifs is 1. The van der Waals surface area contributed by atoms with E-state index in [1.807, 2.05) is 0 Å². The normalized spacial score (nSPS) is 16.8. The number of methoxy groups -OCH3 is 2. The van der Waals surface area contributed by atoms with Crippen LogP contribution in [-0.4, -0.2) is 39.3 Å². The zero-order chi connectivity index (χ0) is 18.5. The molecule has 2 aromatic rings. The molecule has 1 aliphatic heterocycles. The summed E-state index contributed by atoms with van der Waals surface area (Å²) in [6, 6.07) is 13.1. The van der Waals surface area contributed by atoms with Gasteiger partial charge in [0, 0.05) is 12.6 Å². The SMILES string of the molecule is CCCOc1ccc(CC2c3cc(OC)c(OC)cc3CCN2C)cc1. The van der Waals surface area contributed by atoms with E-state index in [0.29, 0.717) is 6.04 Å². The molecule has 0 aromatic heterocycles. The summed E-state index contributed by atoms with van der Waals surface area (Å²) in [4.78, 5) is 2.43. The minimum absolute atomic E-state index is 0.334. The maximum Gasteiger partial charge on any atom is 0.161 e. The minimum Gasteiger partial charge on any atom is -0.494 e. The van der Waals surface area contributed by atoms with Crippen LogP contribution in [0.2, 0.25) is 0 Å². The van der Waals surface area contributed by atoms with E-state index in [2.05, 4.69) is 55.3 Å². The molecular formula is C22H29NO3. The summed E-state index contributed by atoms with van der Waals surface area (Å²) in [5.74, 6) is 2.56. The molecule has 4 nitrogen and oxygen atoms in total. The monoisotopic (exact) mass is 355 g/mol. The third-order valence-corrected chi connectivity index (χ3v) is 5.10. The summed E-state index contributed by atoms with van der Waals surface area (Å²) in [7, 11) is 5.59. The van der Waals surface area contributed by atoms with Crippen LogP contribution in [0.1, 0.15) is 36.1 Å². The smallest absolute Gasteiger partial charge is 0.161 e. The molecule has 0 N–H and O–H groups in total. The maximum atomic E-state index is 5.69. The summed E-state index contributed by atoms with van der Waals surface area (Å²) in [6.45, 7) is 3.93. The first-order chi connectivity index (χ1) is 12.7. The second-order valence-corrected chi connectivity index (χ2v) is 6.85. The third-order valence-electron chi connectivity index (χ3n) is 5.10. The lowest BCUT2D eigenvalue weighted by Crippen LogP contribution is -2.33. The average molecular weight is 355 g/mol. The molecule has 4 heteroatoms. The summed E-state index contributed by atoms with van der Waals surface area (Å²) in [5, 5.41) is 0. The largest absolute Gasteiger partial charge is 0.494 e. The van der Waals surface area contributed by atoms with Crippen molar-refractivity contribution in [3.05, 3.63) is 53.1 Å². The van der Waals surface area contributed by atoms with Crippen LogP contribution in [0.15, 0.2) is 36.4 Å². The Morgan fingerprint density at radius 2 is 1.73 bits per heavy atom. The molecule has 1 atom stereocenters. The summed E-state index contributed by atoms with van der Waals surface area (Å²) >= 11 is 0. The van der Waals surface area contributed by atoms with Crippen molar-refractivity contribution in [2.24, 2.45) is 0 Å². The standard InChI is InChI=1S/C22H29NO3/c1-5-12-26-18-8-6-16(7-9-18)13-20-19-15-22(25-4)21(24-3)14-17(19)10-11-23(20)2/h6-9,14-15,20H,5,10-13H2,1-4H3. The Kier molecular flexibility index (Phi) is 6.04. The van der Waals surface area contributed by atoms with Gasteiger partial charge in [0.15, 0.2) is 11.5 Å². The Bertz CT molecular complexity index is 727. The van der Waals surface area contributed by atoms with Crippen molar-refractivity contribution in [1.82, 2.24) is 4.90 Å². The van der Waals surface area contributed by atoms with Crippen LogP contribution in [0.4, 0.5) is 0 Å². The first kappa shape index (κ1) is 18.6. The van der Waals surface area contributed by atoms with Crippen molar-refractivity contribution in [2.45, 2.75) is 32.2 Å². The molecule has 0 spiro atoms. The quantitative estimate of drug-likeness (QED) is 0.742. The molecule has 2 aromatic carbocycles. The summed E-state index contributed by atoms with van der Waals surface area (Å²) < 4.78 is 16.7. The van der Waals surface area contributed by atoms with E-state index >= 15 is 0 Å². The third kappa shape index (κ3) is 3.96.